The predicted octanol–water partition coefficient (Wildman–Crippen LogP) is 4.60. The third-order valence-electron chi connectivity index (χ3n) is 1.32. The first-order valence-corrected chi connectivity index (χ1v) is 5.27. The van der Waals surface area contributed by atoms with Gasteiger partial charge in [0.25, 0.3) is 0 Å². The summed E-state index contributed by atoms with van der Waals surface area (Å²) in [5.41, 5.74) is 2.36. The fourth-order valence-corrected chi connectivity index (χ4v) is 0.768. The molecule has 0 radical (unpaired) electrons. The van der Waals surface area contributed by atoms with E-state index >= 15 is 0 Å². The van der Waals surface area contributed by atoms with Gasteiger partial charge in [-0.25, -0.2) is 0 Å². The third kappa shape index (κ3) is 7.41. The van der Waals surface area contributed by atoms with Crippen LogP contribution in [-0.2, 0) is 0 Å². The Hall–Kier alpha value is -1.24. The summed E-state index contributed by atoms with van der Waals surface area (Å²) in [5.74, 6) is 0. The average molecular weight is 193 g/mol. The first-order valence-electron chi connectivity index (χ1n) is 5.27. The van der Waals surface area contributed by atoms with Gasteiger partial charge in [0.05, 0.1) is 0 Å². The van der Waals surface area contributed by atoms with Gasteiger partial charge in [0.2, 0.25) is 0 Å². The normalized spacial score (nSPS) is 7.21. The molecule has 0 aliphatic heterocycles. The molecule has 0 heterocycles. The summed E-state index contributed by atoms with van der Waals surface area (Å²) < 4.78 is 0. The van der Waals surface area contributed by atoms with Crippen LogP contribution in [0.25, 0.3) is 0 Å². The Kier molecular flexibility index (Phi) is 12.8. The van der Waals surface area contributed by atoms with Gasteiger partial charge in [0.1, 0.15) is 0 Å². The zero-order valence-corrected chi connectivity index (χ0v) is 10.1. The molecule has 1 nitrogen and oxygen atoms in total. The highest BCUT2D eigenvalue weighted by Gasteiger charge is 1.84. The lowest BCUT2D eigenvalue weighted by atomic mass is 10.2. The minimum absolute atomic E-state index is 1.08. The van der Waals surface area contributed by atoms with E-state index in [0.29, 0.717) is 0 Å². The van der Waals surface area contributed by atoms with Crippen molar-refractivity contribution < 1.29 is 0 Å². The summed E-state index contributed by atoms with van der Waals surface area (Å²) in [5, 5.41) is 3.00. The number of rotatable bonds is 2. The maximum Gasteiger partial charge on any atom is 0.0379 e. The van der Waals surface area contributed by atoms with E-state index in [1.165, 1.54) is 5.56 Å². The number of hydrogen-bond acceptors (Lipinski definition) is 1. The first-order chi connectivity index (χ1) is 6.83. The molecule has 0 saturated carbocycles. The van der Waals surface area contributed by atoms with Crippen LogP contribution >= 0.6 is 0 Å². The monoisotopic (exact) mass is 193 g/mol. The fraction of sp³-hybridized carbons (Fsp3) is 0.385. The molecule has 14 heavy (non-hydrogen) atoms. The van der Waals surface area contributed by atoms with Crippen LogP contribution in [0.1, 0.15) is 33.3 Å². The quantitative estimate of drug-likeness (QED) is 0.723. The summed E-state index contributed by atoms with van der Waals surface area (Å²) in [7, 11) is 0. The van der Waals surface area contributed by atoms with E-state index in [4.69, 9.17) is 0 Å². The van der Waals surface area contributed by atoms with E-state index in [9.17, 15) is 0 Å². The molecule has 0 bridgehead atoms. The molecule has 0 unspecified atom stereocenters. The molecular weight excluding hydrogens is 170 g/mol. The van der Waals surface area contributed by atoms with E-state index in [0.717, 1.165) is 5.69 Å². The van der Waals surface area contributed by atoms with Crippen LogP contribution in [-0.4, -0.2) is 0 Å². The van der Waals surface area contributed by atoms with Crippen LogP contribution in [0.2, 0.25) is 0 Å². The Morgan fingerprint density at radius 1 is 1.00 bits per heavy atom. The molecule has 80 valence electrons. The van der Waals surface area contributed by atoms with Crippen LogP contribution < -0.4 is 5.32 Å². The average Bonchev–Trinajstić information content (AvgIpc) is 2.28. The second-order valence-electron chi connectivity index (χ2n) is 2.21. The summed E-state index contributed by atoms with van der Waals surface area (Å²) >= 11 is 0. The van der Waals surface area contributed by atoms with Crippen LogP contribution in [0.5, 0.6) is 0 Å². The number of anilines is 1. The Labute approximate surface area is 88.9 Å². The lowest BCUT2D eigenvalue weighted by Gasteiger charge is -1.98. The van der Waals surface area contributed by atoms with Gasteiger partial charge < -0.3 is 5.32 Å². The van der Waals surface area contributed by atoms with E-state index in [2.05, 4.69) is 31.0 Å². The van der Waals surface area contributed by atoms with Crippen molar-refractivity contribution in [3.8, 4) is 0 Å². The standard InChI is InChI=1S/C9H11N.2C2H6/c1-3-10-9-6-4-8(2)5-7-9;2*1-2/h3-7,10H,1H2,2H3;2*1-2H3. The Morgan fingerprint density at radius 3 is 1.79 bits per heavy atom. The fourth-order valence-electron chi connectivity index (χ4n) is 0.768. The van der Waals surface area contributed by atoms with Gasteiger partial charge >= 0.3 is 0 Å². The Bertz CT molecular complexity index is 211. The molecule has 0 fully saturated rings. The third-order valence-corrected chi connectivity index (χ3v) is 1.32. The SMILES string of the molecule is C=CNc1ccc(C)cc1.CC.CC. The number of nitrogens with one attached hydrogen (secondary N) is 1. The maximum atomic E-state index is 3.57. The summed E-state index contributed by atoms with van der Waals surface area (Å²) in [6.07, 6.45) is 1.67. The van der Waals surface area contributed by atoms with Crippen molar-refractivity contribution in [2.24, 2.45) is 0 Å². The second kappa shape index (κ2) is 11.8. The largest absolute Gasteiger partial charge is 0.362 e. The summed E-state index contributed by atoms with van der Waals surface area (Å²) in [6, 6.07) is 8.17. The van der Waals surface area contributed by atoms with Crippen molar-refractivity contribution in [3.63, 3.8) is 0 Å². The number of hydrogen-bond donors (Lipinski definition) is 1. The highest BCUT2D eigenvalue weighted by molar-refractivity contribution is 5.46. The molecule has 0 aromatic heterocycles. The molecule has 1 rings (SSSR count). The van der Waals surface area contributed by atoms with Gasteiger partial charge in [-0.05, 0) is 25.3 Å². The van der Waals surface area contributed by atoms with E-state index in [-0.39, 0.29) is 0 Å². The van der Waals surface area contributed by atoms with Gasteiger partial charge in [0.15, 0.2) is 0 Å². The molecule has 0 spiro atoms. The van der Waals surface area contributed by atoms with Crippen LogP contribution in [0.3, 0.4) is 0 Å². The Morgan fingerprint density at radius 2 is 1.43 bits per heavy atom. The van der Waals surface area contributed by atoms with Crippen LogP contribution in [0, 0.1) is 6.92 Å². The highest BCUT2D eigenvalue weighted by atomic mass is 14.8. The number of benzene rings is 1. The Balaban J connectivity index is 0. The molecule has 1 heteroatoms. The molecule has 0 atom stereocenters. The zero-order valence-electron chi connectivity index (χ0n) is 10.1. The van der Waals surface area contributed by atoms with Gasteiger partial charge in [0, 0.05) is 5.69 Å². The smallest absolute Gasteiger partial charge is 0.0379 e. The minimum atomic E-state index is 1.08. The van der Waals surface area contributed by atoms with E-state index in [1.54, 1.807) is 6.20 Å². The molecule has 0 aliphatic carbocycles. The molecular formula is C13H23N. The molecule has 1 aromatic rings. The zero-order chi connectivity index (χ0) is 11.4. The maximum absolute atomic E-state index is 3.57. The van der Waals surface area contributed by atoms with Gasteiger partial charge in [-0.2, -0.15) is 0 Å². The number of aryl methyl sites for hydroxylation is 1. The van der Waals surface area contributed by atoms with Crippen molar-refractivity contribution in [2.45, 2.75) is 34.6 Å². The van der Waals surface area contributed by atoms with Crippen molar-refractivity contribution in [1.82, 2.24) is 0 Å². The van der Waals surface area contributed by atoms with Gasteiger partial charge in [-0.1, -0.05) is 52.0 Å². The summed E-state index contributed by atoms with van der Waals surface area (Å²) in [4.78, 5) is 0. The van der Waals surface area contributed by atoms with Gasteiger partial charge in [-0.3, -0.25) is 0 Å². The molecule has 1 N–H and O–H groups in total. The minimum Gasteiger partial charge on any atom is -0.362 e. The van der Waals surface area contributed by atoms with Gasteiger partial charge in [-0.15, -0.1) is 0 Å². The topological polar surface area (TPSA) is 12.0 Å². The van der Waals surface area contributed by atoms with Crippen molar-refractivity contribution in [3.05, 3.63) is 42.6 Å². The molecule has 0 saturated heterocycles. The lowest BCUT2D eigenvalue weighted by Crippen LogP contribution is -1.84. The first kappa shape index (κ1) is 15.2. The van der Waals surface area contributed by atoms with Crippen LogP contribution in [0.4, 0.5) is 5.69 Å². The molecule has 1 aromatic carbocycles. The lowest BCUT2D eigenvalue weighted by molar-refractivity contribution is 1.46. The second-order valence-corrected chi connectivity index (χ2v) is 2.21. The van der Waals surface area contributed by atoms with Crippen molar-refractivity contribution >= 4 is 5.69 Å². The summed E-state index contributed by atoms with van der Waals surface area (Å²) in [6.45, 7) is 13.6. The van der Waals surface area contributed by atoms with Crippen LogP contribution in [0.15, 0.2) is 37.0 Å². The molecule has 0 aliphatic rings. The predicted molar refractivity (Wildman–Crippen MR) is 67.7 cm³/mol. The van der Waals surface area contributed by atoms with Crippen molar-refractivity contribution in [1.29, 1.82) is 0 Å². The van der Waals surface area contributed by atoms with E-state index in [1.807, 2.05) is 39.8 Å². The van der Waals surface area contributed by atoms with Crippen molar-refractivity contribution in [2.75, 3.05) is 5.32 Å². The van der Waals surface area contributed by atoms with E-state index < -0.39 is 0 Å². The highest BCUT2D eigenvalue weighted by Crippen LogP contribution is 2.07. The molecule has 0 amide bonds.